The van der Waals surface area contributed by atoms with Crippen molar-refractivity contribution in [2.24, 2.45) is 5.41 Å². The van der Waals surface area contributed by atoms with Crippen LogP contribution in [-0.4, -0.2) is 51.5 Å². The molecular formula is C10H14N2O4S. The van der Waals surface area contributed by atoms with Gasteiger partial charge in [0, 0.05) is 19.2 Å². The molecule has 7 heteroatoms. The maximum absolute atomic E-state index is 11.7. The molecule has 2 aliphatic heterocycles. The van der Waals surface area contributed by atoms with E-state index in [9.17, 15) is 14.4 Å². The molecule has 2 heterocycles. The Morgan fingerprint density at radius 1 is 1.59 bits per heavy atom. The van der Waals surface area contributed by atoms with Crippen molar-refractivity contribution in [1.29, 1.82) is 0 Å². The second-order valence-corrected chi connectivity index (χ2v) is 5.82. The van der Waals surface area contributed by atoms with Gasteiger partial charge in [0.1, 0.15) is 11.4 Å². The second-order valence-electron chi connectivity index (χ2n) is 4.71. The first kappa shape index (κ1) is 12.2. The highest BCUT2D eigenvalue weighted by atomic mass is 32.2. The number of fused-ring (bicyclic) bond motifs is 1. The Hall–Kier alpha value is -1.24. The second kappa shape index (κ2) is 3.90. The number of carboxylic acids is 1. The number of hydrogen-bond acceptors (Lipinski definition) is 4. The Morgan fingerprint density at radius 3 is 2.76 bits per heavy atom. The molecule has 17 heavy (non-hydrogen) atoms. The molecule has 2 fully saturated rings. The van der Waals surface area contributed by atoms with Gasteiger partial charge in [0.2, 0.25) is 11.8 Å². The predicted octanol–water partition coefficient (Wildman–Crippen LogP) is -0.503. The summed E-state index contributed by atoms with van der Waals surface area (Å²) in [6.45, 7) is 3.22. The summed E-state index contributed by atoms with van der Waals surface area (Å²) in [5, 5.41) is 11.6. The molecule has 6 nitrogen and oxygen atoms in total. The number of nitrogens with zero attached hydrogens (tertiary/aromatic N) is 1. The van der Waals surface area contributed by atoms with E-state index >= 15 is 0 Å². The van der Waals surface area contributed by atoms with E-state index in [1.54, 1.807) is 6.92 Å². The number of rotatable bonds is 2. The molecule has 2 amide bonds. The molecule has 3 atom stereocenters. The Kier molecular flexibility index (Phi) is 2.81. The van der Waals surface area contributed by atoms with Gasteiger partial charge in [-0.15, -0.1) is 11.8 Å². The monoisotopic (exact) mass is 258 g/mol. The number of carboxylic acid groups (broad SMARTS) is 1. The Labute approximate surface area is 103 Å². The highest BCUT2D eigenvalue weighted by Gasteiger charge is 2.55. The van der Waals surface area contributed by atoms with Crippen LogP contribution < -0.4 is 5.32 Å². The summed E-state index contributed by atoms with van der Waals surface area (Å²) < 4.78 is 0. The number of carbonyl (C=O) groups is 3. The molecule has 0 bridgehead atoms. The van der Waals surface area contributed by atoms with Crippen LogP contribution in [0.5, 0.6) is 0 Å². The van der Waals surface area contributed by atoms with E-state index in [1.807, 2.05) is 0 Å². The molecule has 2 rings (SSSR count). The number of aliphatic carboxylic acids is 1. The van der Waals surface area contributed by atoms with Crippen LogP contribution in [0.25, 0.3) is 0 Å². The average molecular weight is 258 g/mol. The summed E-state index contributed by atoms with van der Waals surface area (Å²) in [6, 6.07) is -0.490. The van der Waals surface area contributed by atoms with Crippen molar-refractivity contribution in [2.75, 3.05) is 12.3 Å². The number of hydrogen-bond donors (Lipinski definition) is 2. The molecule has 2 unspecified atom stereocenters. The fourth-order valence-electron chi connectivity index (χ4n) is 2.05. The van der Waals surface area contributed by atoms with Crippen molar-refractivity contribution in [3.8, 4) is 0 Å². The van der Waals surface area contributed by atoms with Crippen LogP contribution in [0.15, 0.2) is 0 Å². The van der Waals surface area contributed by atoms with Crippen molar-refractivity contribution < 1.29 is 19.5 Å². The quantitative estimate of drug-likeness (QED) is 0.652. The first-order valence-corrected chi connectivity index (χ1v) is 6.32. The van der Waals surface area contributed by atoms with E-state index in [0.717, 1.165) is 0 Å². The molecule has 2 saturated heterocycles. The third-order valence-corrected chi connectivity index (χ3v) is 4.78. The highest BCUT2D eigenvalue weighted by Crippen LogP contribution is 2.41. The van der Waals surface area contributed by atoms with Gasteiger partial charge in [-0.25, -0.2) is 0 Å². The molecule has 94 valence electrons. The number of β-lactam (4-membered cyclic amide) rings is 1. The normalized spacial score (nSPS) is 35.9. The van der Waals surface area contributed by atoms with E-state index in [0.29, 0.717) is 5.75 Å². The summed E-state index contributed by atoms with van der Waals surface area (Å²) in [5.41, 5.74) is -0.891. The lowest BCUT2D eigenvalue weighted by Gasteiger charge is -2.53. The third kappa shape index (κ3) is 1.88. The zero-order valence-electron chi connectivity index (χ0n) is 9.60. The lowest BCUT2D eigenvalue weighted by atomic mass is 9.89. The summed E-state index contributed by atoms with van der Waals surface area (Å²) in [7, 11) is 0. The lowest BCUT2D eigenvalue weighted by molar-refractivity contribution is -0.157. The van der Waals surface area contributed by atoms with Crippen LogP contribution in [-0.2, 0) is 14.4 Å². The van der Waals surface area contributed by atoms with E-state index in [4.69, 9.17) is 5.11 Å². The summed E-state index contributed by atoms with van der Waals surface area (Å²) >= 11 is 1.41. The van der Waals surface area contributed by atoms with E-state index in [2.05, 4.69) is 5.32 Å². The first-order valence-electron chi connectivity index (χ1n) is 5.28. The van der Waals surface area contributed by atoms with Crippen molar-refractivity contribution in [3.63, 3.8) is 0 Å². The fourth-order valence-corrected chi connectivity index (χ4v) is 3.54. The van der Waals surface area contributed by atoms with E-state index < -0.39 is 17.4 Å². The van der Waals surface area contributed by atoms with Gasteiger partial charge < -0.3 is 15.3 Å². The van der Waals surface area contributed by atoms with Gasteiger partial charge in [-0.3, -0.25) is 14.4 Å². The van der Waals surface area contributed by atoms with Gasteiger partial charge in [-0.2, -0.15) is 0 Å². The number of nitrogens with one attached hydrogen (secondary N) is 1. The fraction of sp³-hybridized carbons (Fsp3) is 0.700. The molecule has 0 spiro atoms. The molecule has 0 aromatic carbocycles. The zero-order chi connectivity index (χ0) is 12.8. The third-order valence-electron chi connectivity index (χ3n) is 3.11. The van der Waals surface area contributed by atoms with Crippen LogP contribution in [0.4, 0.5) is 0 Å². The number of carbonyl (C=O) groups excluding carboxylic acids is 2. The van der Waals surface area contributed by atoms with Crippen LogP contribution in [0, 0.1) is 5.41 Å². The molecule has 2 aliphatic rings. The van der Waals surface area contributed by atoms with Crippen LogP contribution in [0.3, 0.4) is 0 Å². The summed E-state index contributed by atoms with van der Waals surface area (Å²) in [4.78, 5) is 35.3. The van der Waals surface area contributed by atoms with E-state index in [-0.39, 0.29) is 23.7 Å². The molecular weight excluding hydrogens is 244 g/mol. The van der Waals surface area contributed by atoms with Gasteiger partial charge >= 0.3 is 5.97 Å². The molecule has 0 aromatic heterocycles. The van der Waals surface area contributed by atoms with Gasteiger partial charge in [0.25, 0.3) is 0 Å². The Bertz CT molecular complexity index is 400. The maximum Gasteiger partial charge on any atom is 0.312 e. The average Bonchev–Trinajstić information content (AvgIpc) is 2.25. The molecule has 2 N–H and O–H groups in total. The summed E-state index contributed by atoms with van der Waals surface area (Å²) in [6.07, 6.45) is 0. The summed E-state index contributed by atoms with van der Waals surface area (Å²) in [5.74, 6) is -0.869. The SMILES string of the molecule is CC(=O)NC1C(=O)N2CC(C)(C(=O)O)CS[C@H]12. The van der Waals surface area contributed by atoms with Crippen molar-refractivity contribution in [3.05, 3.63) is 0 Å². The molecule has 0 radical (unpaired) electrons. The van der Waals surface area contributed by atoms with Crippen LogP contribution in [0.1, 0.15) is 13.8 Å². The van der Waals surface area contributed by atoms with Gasteiger partial charge in [0.15, 0.2) is 0 Å². The standard InChI is InChI=1S/C10H14N2O4S/c1-5(13)11-6-7(14)12-3-10(2,9(15)16)4-17-8(6)12/h6,8H,3-4H2,1-2H3,(H,11,13)(H,15,16)/t6?,8-,10?/m1/s1. The number of amides is 2. The van der Waals surface area contributed by atoms with Crippen LogP contribution >= 0.6 is 11.8 Å². The molecule has 0 aromatic rings. The molecule has 0 aliphatic carbocycles. The zero-order valence-corrected chi connectivity index (χ0v) is 10.4. The van der Waals surface area contributed by atoms with Crippen molar-refractivity contribution in [1.82, 2.24) is 10.2 Å². The Morgan fingerprint density at radius 2 is 2.24 bits per heavy atom. The van der Waals surface area contributed by atoms with Crippen molar-refractivity contribution >= 4 is 29.5 Å². The smallest absolute Gasteiger partial charge is 0.312 e. The topological polar surface area (TPSA) is 86.7 Å². The van der Waals surface area contributed by atoms with E-state index in [1.165, 1.54) is 23.6 Å². The highest BCUT2D eigenvalue weighted by molar-refractivity contribution is 8.00. The first-order chi connectivity index (χ1) is 7.85. The maximum atomic E-state index is 11.7. The van der Waals surface area contributed by atoms with Gasteiger partial charge in [-0.05, 0) is 6.92 Å². The minimum Gasteiger partial charge on any atom is -0.481 e. The molecule has 0 saturated carbocycles. The predicted molar refractivity (Wildman–Crippen MR) is 61.3 cm³/mol. The Balaban J connectivity index is 2.06. The lowest BCUT2D eigenvalue weighted by Crippen LogP contribution is -2.73. The van der Waals surface area contributed by atoms with Crippen molar-refractivity contribution in [2.45, 2.75) is 25.3 Å². The largest absolute Gasteiger partial charge is 0.481 e. The number of thioether (sulfide) groups is 1. The minimum atomic E-state index is -0.891. The van der Waals surface area contributed by atoms with Crippen LogP contribution in [0.2, 0.25) is 0 Å². The van der Waals surface area contributed by atoms with Gasteiger partial charge in [0.05, 0.1) is 5.41 Å². The minimum absolute atomic E-state index is 0.112. The van der Waals surface area contributed by atoms with Gasteiger partial charge in [-0.1, -0.05) is 0 Å².